The average molecular weight is 518 g/mol. The van der Waals surface area contributed by atoms with Crippen LogP contribution in [0.25, 0.3) is 0 Å². The number of aliphatic carboxylic acids is 1. The summed E-state index contributed by atoms with van der Waals surface area (Å²) in [6.07, 6.45) is 4.62. The van der Waals surface area contributed by atoms with Crippen molar-refractivity contribution in [3.05, 3.63) is 52.4 Å². The topological polar surface area (TPSA) is 187 Å². The quantitative estimate of drug-likeness (QED) is 0.120. The zero-order chi connectivity index (χ0) is 25.1. The van der Waals surface area contributed by atoms with Gasteiger partial charge in [0.25, 0.3) is 11.8 Å². The van der Waals surface area contributed by atoms with E-state index in [0.717, 1.165) is 16.2 Å². The second-order valence-corrected chi connectivity index (χ2v) is 9.34. The molecule has 2 amide bonds. The van der Waals surface area contributed by atoms with Crippen LogP contribution in [0.3, 0.4) is 0 Å². The molecular formula is C20H19N7O6S2. The Morgan fingerprint density at radius 2 is 2.31 bits per heavy atom. The fourth-order valence-electron chi connectivity index (χ4n) is 3.70. The number of carboxylic acids is 1. The molecule has 0 spiro atoms. The van der Waals surface area contributed by atoms with E-state index in [0.29, 0.717) is 11.1 Å². The van der Waals surface area contributed by atoms with Crippen LogP contribution in [0.15, 0.2) is 51.5 Å². The first kappa shape index (κ1) is 24.2. The lowest BCUT2D eigenvalue weighted by molar-refractivity contribution is -0.689. The van der Waals surface area contributed by atoms with Gasteiger partial charge in [0.05, 0.1) is 23.4 Å². The Kier molecular flexibility index (Phi) is 6.97. The number of carbonyl (C=O) groups excluding carboxylic acids is 3. The highest BCUT2D eigenvalue weighted by molar-refractivity contribution is 8.00. The number of thiazole rings is 1. The van der Waals surface area contributed by atoms with Crippen molar-refractivity contribution in [2.75, 3.05) is 18.6 Å². The molecule has 2 aliphatic rings. The molecule has 2 aliphatic heterocycles. The number of nitrogens with zero attached hydrogens (tertiary/aromatic N) is 5. The van der Waals surface area contributed by atoms with E-state index >= 15 is 0 Å². The molecule has 2 aromatic heterocycles. The number of oxime groups is 2. The first-order valence-corrected chi connectivity index (χ1v) is 11.9. The van der Waals surface area contributed by atoms with Crippen LogP contribution in [0.5, 0.6) is 0 Å². The van der Waals surface area contributed by atoms with Crippen LogP contribution in [0.1, 0.15) is 11.3 Å². The highest BCUT2D eigenvalue weighted by atomic mass is 32.2. The van der Waals surface area contributed by atoms with Crippen LogP contribution in [0.4, 0.5) is 5.13 Å². The van der Waals surface area contributed by atoms with Crippen molar-refractivity contribution >= 4 is 57.9 Å². The van der Waals surface area contributed by atoms with E-state index in [-0.39, 0.29) is 34.5 Å². The molecule has 0 bridgehead atoms. The lowest BCUT2D eigenvalue weighted by Gasteiger charge is -2.50. The van der Waals surface area contributed by atoms with E-state index in [9.17, 15) is 19.5 Å². The van der Waals surface area contributed by atoms with Gasteiger partial charge in [-0.05, 0) is 6.07 Å². The third kappa shape index (κ3) is 4.81. The summed E-state index contributed by atoms with van der Waals surface area (Å²) in [5.41, 5.74) is 6.50. The summed E-state index contributed by atoms with van der Waals surface area (Å²) in [6, 6.07) is 2.45. The van der Waals surface area contributed by atoms with Crippen molar-refractivity contribution in [2.24, 2.45) is 10.3 Å². The number of aromatic nitrogens is 2. The van der Waals surface area contributed by atoms with Gasteiger partial charge < -0.3 is 31.0 Å². The largest absolute Gasteiger partial charge is 0.543 e. The highest BCUT2D eigenvalue weighted by Gasteiger charge is 2.53. The van der Waals surface area contributed by atoms with Gasteiger partial charge in [-0.25, -0.2) is 9.55 Å². The number of hydrogen-bond donors (Lipinski definition) is 3. The number of anilines is 1. The zero-order valence-electron chi connectivity index (χ0n) is 18.2. The standard InChI is InChI=1S/C20H19N7O6S2/c1-33-25-13(12-9-35-20(21)23-12)16(28)24-14-17(29)27-15(19(30)31)11(8-34-18(14)27)7-26-4-2-3-10(6-26)5-22-32/h2-6,9,14,18H,7-8H2,1H3,(H4-,21,23,24,28,30,31,32)/t14?,18-/m0/s1. The maximum atomic E-state index is 12.9. The number of thioether (sulfide) groups is 1. The Bertz CT molecular complexity index is 1270. The minimum atomic E-state index is -1.49. The average Bonchev–Trinajstić information content (AvgIpc) is 3.26. The molecule has 4 N–H and O–H groups in total. The number of carbonyl (C=O) groups is 3. The molecule has 2 aromatic rings. The van der Waals surface area contributed by atoms with E-state index in [1.165, 1.54) is 30.5 Å². The van der Waals surface area contributed by atoms with E-state index in [1.807, 2.05) is 0 Å². The zero-order valence-corrected chi connectivity index (χ0v) is 19.8. The summed E-state index contributed by atoms with van der Waals surface area (Å²) in [5, 5.41) is 31.1. The van der Waals surface area contributed by atoms with Gasteiger partial charge in [-0.3, -0.25) is 14.5 Å². The summed E-state index contributed by atoms with van der Waals surface area (Å²) >= 11 is 2.42. The van der Waals surface area contributed by atoms with E-state index < -0.39 is 29.2 Å². The molecule has 13 nitrogen and oxygen atoms in total. The number of pyridine rings is 1. The fourth-order valence-corrected chi connectivity index (χ4v) is 5.58. The van der Waals surface area contributed by atoms with Crippen molar-refractivity contribution in [1.29, 1.82) is 0 Å². The molecule has 0 aliphatic carbocycles. The number of nitrogens with two attached hydrogens (primary N) is 1. The predicted octanol–water partition coefficient (Wildman–Crippen LogP) is -1.72. The third-order valence-electron chi connectivity index (χ3n) is 5.15. The Morgan fingerprint density at radius 1 is 1.51 bits per heavy atom. The molecular weight excluding hydrogens is 498 g/mol. The first-order chi connectivity index (χ1) is 16.8. The molecule has 4 heterocycles. The molecule has 1 unspecified atom stereocenters. The van der Waals surface area contributed by atoms with Crippen molar-refractivity contribution in [3.8, 4) is 0 Å². The normalized spacial score (nSPS) is 20.0. The Balaban J connectivity index is 1.53. The molecule has 1 saturated heterocycles. The smallest absolute Gasteiger partial charge is 0.276 e. The van der Waals surface area contributed by atoms with Gasteiger partial charge in [-0.15, -0.1) is 23.1 Å². The number of hydrogen-bond acceptors (Lipinski definition) is 12. The summed E-state index contributed by atoms with van der Waals surface area (Å²) in [6.45, 7) is 0.173. The van der Waals surface area contributed by atoms with Gasteiger partial charge in [0.1, 0.15) is 24.2 Å². The van der Waals surface area contributed by atoms with Crippen LogP contribution in [-0.4, -0.2) is 69.1 Å². The number of β-lactam (4-membered cyclic amide) rings is 1. The summed E-state index contributed by atoms with van der Waals surface area (Å²) in [5.74, 6) is -2.50. The lowest BCUT2D eigenvalue weighted by Crippen LogP contribution is -2.71. The number of carboxylic acid groups (broad SMARTS) is 1. The number of rotatable bonds is 8. The fraction of sp³-hybridized carbons (Fsp3) is 0.250. The first-order valence-electron chi connectivity index (χ1n) is 10.0. The van der Waals surface area contributed by atoms with Crippen LogP contribution in [-0.2, 0) is 25.8 Å². The third-order valence-corrected chi connectivity index (χ3v) is 7.16. The van der Waals surface area contributed by atoms with Crippen molar-refractivity contribution in [1.82, 2.24) is 15.2 Å². The Hall–Kier alpha value is -3.98. The Labute approximate surface area is 206 Å². The molecule has 0 radical (unpaired) electrons. The predicted molar refractivity (Wildman–Crippen MR) is 123 cm³/mol. The Morgan fingerprint density at radius 3 is 2.97 bits per heavy atom. The molecule has 0 aromatic carbocycles. The molecule has 35 heavy (non-hydrogen) atoms. The van der Waals surface area contributed by atoms with Gasteiger partial charge >= 0.3 is 0 Å². The second-order valence-electron chi connectivity index (χ2n) is 7.35. The van der Waals surface area contributed by atoms with E-state index in [4.69, 9.17) is 15.8 Å². The maximum absolute atomic E-state index is 12.9. The molecule has 0 saturated carbocycles. The van der Waals surface area contributed by atoms with Crippen LogP contribution in [0.2, 0.25) is 0 Å². The minimum absolute atomic E-state index is 0.161. The minimum Gasteiger partial charge on any atom is -0.543 e. The summed E-state index contributed by atoms with van der Waals surface area (Å²) in [4.78, 5) is 47.6. The molecule has 4 rings (SSSR count). The lowest BCUT2D eigenvalue weighted by atomic mass is 10.0. The molecule has 15 heteroatoms. The SMILES string of the molecule is CON=C(C(=O)NC1C(=O)N2C(C(=O)[O-])=C(C[n+]3cccc(C=NO)c3)CS[C@@H]12)c1csc(N)n1. The molecule has 2 atom stereocenters. The summed E-state index contributed by atoms with van der Waals surface area (Å²) < 4.78 is 1.70. The van der Waals surface area contributed by atoms with Gasteiger partial charge in [0.2, 0.25) is 0 Å². The van der Waals surface area contributed by atoms with Crippen molar-refractivity contribution < 1.29 is 34.1 Å². The van der Waals surface area contributed by atoms with Crippen LogP contribution in [0, 0.1) is 0 Å². The number of amides is 2. The van der Waals surface area contributed by atoms with Gasteiger partial charge in [-0.1, -0.05) is 10.3 Å². The van der Waals surface area contributed by atoms with Crippen LogP contribution < -0.4 is 20.7 Å². The van der Waals surface area contributed by atoms with Crippen molar-refractivity contribution in [2.45, 2.75) is 18.0 Å². The van der Waals surface area contributed by atoms with Gasteiger partial charge in [0.15, 0.2) is 29.8 Å². The maximum Gasteiger partial charge on any atom is 0.276 e. The number of nitrogen functional groups attached to an aromatic ring is 1. The van der Waals surface area contributed by atoms with Gasteiger partial charge in [-0.2, -0.15) is 0 Å². The monoisotopic (exact) mass is 517 g/mol. The molecule has 1 fully saturated rings. The van der Waals surface area contributed by atoms with Crippen LogP contribution >= 0.6 is 23.1 Å². The number of fused-ring (bicyclic) bond motifs is 1. The molecule has 182 valence electrons. The summed E-state index contributed by atoms with van der Waals surface area (Å²) in [7, 11) is 1.26. The van der Waals surface area contributed by atoms with Crippen molar-refractivity contribution in [3.63, 3.8) is 0 Å². The number of nitrogens with one attached hydrogen (secondary N) is 1. The van der Waals surface area contributed by atoms with Gasteiger partial charge in [0, 0.05) is 22.8 Å². The highest BCUT2D eigenvalue weighted by Crippen LogP contribution is 2.40. The second kappa shape index (κ2) is 10.1. The van der Waals surface area contributed by atoms with E-state index in [2.05, 4.69) is 20.6 Å². The van der Waals surface area contributed by atoms with E-state index in [1.54, 1.807) is 29.1 Å².